The van der Waals surface area contributed by atoms with E-state index >= 15 is 0 Å². The van der Waals surface area contributed by atoms with Crippen molar-refractivity contribution in [1.29, 1.82) is 0 Å². The summed E-state index contributed by atoms with van der Waals surface area (Å²) in [5, 5.41) is 25.1. The average Bonchev–Trinajstić information content (AvgIpc) is 2.10. The predicted octanol–water partition coefficient (Wildman–Crippen LogP) is 3.11. The van der Waals surface area contributed by atoms with Crippen LogP contribution in [0, 0.1) is 49.4 Å². The Morgan fingerprint density at radius 2 is 0.682 bits per heavy atom. The molecule has 3 N–H and O–H groups in total. The van der Waals surface area contributed by atoms with Crippen molar-refractivity contribution in [2.24, 2.45) is 0 Å². The molecule has 0 aliphatic carbocycles. The maximum absolute atomic E-state index is 10.0. The quantitative estimate of drug-likeness (QED) is 0.448. The van der Waals surface area contributed by atoms with Crippen molar-refractivity contribution in [2.45, 2.75) is 41.5 Å². The van der Waals surface area contributed by atoms with E-state index in [9.17, 15) is 14.4 Å². The Morgan fingerprint density at radius 1 is 0.545 bits per heavy atom. The maximum atomic E-state index is 10.0. The summed E-state index contributed by atoms with van der Waals surface area (Å²) in [7, 11) is 0. The first-order chi connectivity index (χ1) is 9.38. The first-order valence-electron chi connectivity index (χ1n) is 6.02. The number of hydrogen-bond acceptors (Lipinski definition) is 6. The SMILES string of the molecule is CC(=O)C=C(C)O.CC(=O)C=C(C)O.CC(=O)C=C(C)O.[Eu]. The molecule has 0 saturated carbocycles. The topological polar surface area (TPSA) is 112 Å². The summed E-state index contributed by atoms with van der Waals surface area (Å²) < 4.78 is 0. The van der Waals surface area contributed by atoms with E-state index in [1.54, 1.807) is 0 Å². The van der Waals surface area contributed by atoms with Gasteiger partial charge in [0.15, 0.2) is 17.3 Å². The van der Waals surface area contributed by atoms with Crippen molar-refractivity contribution in [2.75, 3.05) is 0 Å². The zero-order valence-electron chi connectivity index (χ0n) is 13.7. The first kappa shape index (κ1) is 29.3. The van der Waals surface area contributed by atoms with Gasteiger partial charge in [0, 0.05) is 67.6 Å². The number of aliphatic hydroxyl groups is 3. The van der Waals surface area contributed by atoms with Crippen LogP contribution in [0.25, 0.3) is 0 Å². The molecule has 0 amide bonds. The molecule has 0 aliphatic heterocycles. The second kappa shape index (κ2) is 18.3. The van der Waals surface area contributed by atoms with E-state index in [-0.39, 0.29) is 84.0 Å². The molecule has 0 rings (SSSR count). The molecule has 0 atom stereocenters. The van der Waals surface area contributed by atoms with Gasteiger partial charge in [-0.15, -0.1) is 0 Å². The fourth-order valence-corrected chi connectivity index (χ4v) is 0.882. The minimum Gasteiger partial charge on any atom is -0.512 e. The molecule has 0 aromatic heterocycles. The maximum Gasteiger partial charge on any atom is 0.155 e. The van der Waals surface area contributed by atoms with Crippen molar-refractivity contribution in [3.05, 3.63) is 35.5 Å². The van der Waals surface area contributed by atoms with Gasteiger partial charge in [0.25, 0.3) is 0 Å². The van der Waals surface area contributed by atoms with Gasteiger partial charge < -0.3 is 15.3 Å². The van der Waals surface area contributed by atoms with Crippen LogP contribution in [0.5, 0.6) is 0 Å². The zero-order chi connectivity index (χ0) is 17.6. The van der Waals surface area contributed by atoms with E-state index in [1.807, 2.05) is 0 Å². The molecular formula is C15H24EuO6. The molecular weight excluding hydrogens is 428 g/mol. The van der Waals surface area contributed by atoms with Gasteiger partial charge in [0.1, 0.15) is 0 Å². The van der Waals surface area contributed by atoms with E-state index in [0.717, 1.165) is 0 Å². The summed E-state index contributed by atoms with van der Waals surface area (Å²) in [6.45, 7) is 8.54. The second-order valence-corrected chi connectivity index (χ2v) is 4.19. The predicted molar refractivity (Wildman–Crippen MR) is 81.2 cm³/mol. The average molecular weight is 452 g/mol. The van der Waals surface area contributed by atoms with E-state index in [2.05, 4.69) is 0 Å². The van der Waals surface area contributed by atoms with E-state index in [4.69, 9.17) is 15.3 Å². The van der Waals surface area contributed by atoms with Crippen LogP contribution in [0.15, 0.2) is 35.5 Å². The largest absolute Gasteiger partial charge is 0.512 e. The molecule has 22 heavy (non-hydrogen) atoms. The summed E-state index contributed by atoms with van der Waals surface area (Å²) in [6, 6.07) is 0. The standard InChI is InChI=1S/3C5H8O2.Eu/c3*1-4(6)3-5(2)7;/h3*3,6H,1-2H3;. The Balaban J connectivity index is -0.000000108. The van der Waals surface area contributed by atoms with Gasteiger partial charge in [-0.2, -0.15) is 0 Å². The number of hydrogen-bond donors (Lipinski definition) is 3. The molecule has 0 saturated heterocycles. The Bertz CT molecular complexity index is 368. The molecule has 7 heteroatoms. The third-order valence-electron chi connectivity index (χ3n) is 1.24. The van der Waals surface area contributed by atoms with E-state index in [0.29, 0.717) is 0 Å². The van der Waals surface area contributed by atoms with Crippen LogP contribution in [-0.2, 0) is 14.4 Å². The fraction of sp³-hybridized carbons (Fsp3) is 0.400. The third-order valence-corrected chi connectivity index (χ3v) is 1.24. The molecule has 0 heterocycles. The van der Waals surface area contributed by atoms with Crippen molar-refractivity contribution < 1.29 is 79.1 Å². The zero-order valence-corrected chi connectivity index (χ0v) is 16.1. The molecule has 0 spiro atoms. The van der Waals surface area contributed by atoms with Crippen LogP contribution < -0.4 is 0 Å². The smallest absolute Gasteiger partial charge is 0.155 e. The van der Waals surface area contributed by atoms with Crippen LogP contribution in [0.3, 0.4) is 0 Å². The van der Waals surface area contributed by atoms with Crippen LogP contribution in [0.4, 0.5) is 0 Å². The molecule has 6 nitrogen and oxygen atoms in total. The number of allylic oxidation sites excluding steroid dienone is 6. The van der Waals surface area contributed by atoms with Crippen molar-refractivity contribution in [3.63, 3.8) is 0 Å². The third kappa shape index (κ3) is 50.7. The van der Waals surface area contributed by atoms with Crippen molar-refractivity contribution in [1.82, 2.24) is 0 Å². The minimum atomic E-state index is -0.125. The van der Waals surface area contributed by atoms with Gasteiger partial charge in [0.2, 0.25) is 0 Å². The van der Waals surface area contributed by atoms with Crippen molar-refractivity contribution in [3.8, 4) is 0 Å². The normalized spacial score (nSPS) is 10.9. The Hall–Kier alpha value is -0.786. The van der Waals surface area contributed by atoms with E-state index in [1.165, 1.54) is 59.8 Å². The first-order valence-corrected chi connectivity index (χ1v) is 6.02. The molecule has 0 bridgehead atoms. The molecule has 0 unspecified atom stereocenters. The van der Waals surface area contributed by atoms with Crippen LogP contribution in [0.1, 0.15) is 41.5 Å². The summed E-state index contributed by atoms with van der Waals surface area (Å²) >= 11 is 0. The van der Waals surface area contributed by atoms with Gasteiger partial charge in [-0.1, -0.05) is 0 Å². The summed E-state index contributed by atoms with van der Waals surface area (Å²) in [5.41, 5.74) is 0. The van der Waals surface area contributed by atoms with Crippen LogP contribution >= 0.6 is 0 Å². The fourth-order valence-electron chi connectivity index (χ4n) is 0.882. The van der Waals surface area contributed by atoms with Gasteiger partial charge in [-0.3, -0.25) is 14.4 Å². The number of aliphatic hydroxyl groups excluding tert-OH is 3. The molecule has 0 aromatic rings. The number of carbonyl (C=O) groups excluding carboxylic acids is 3. The van der Waals surface area contributed by atoms with E-state index < -0.39 is 0 Å². The summed E-state index contributed by atoms with van der Waals surface area (Å²) in [5.74, 6) is -0.187. The monoisotopic (exact) mass is 453 g/mol. The molecule has 0 fully saturated rings. The molecule has 0 aromatic carbocycles. The molecule has 0 aliphatic rings. The Labute approximate surface area is 172 Å². The summed E-state index contributed by atoms with van der Waals surface area (Å²) in [6.07, 6.45) is 3.50. The summed E-state index contributed by atoms with van der Waals surface area (Å²) in [4.78, 5) is 30.1. The Morgan fingerprint density at radius 3 is 0.682 bits per heavy atom. The number of rotatable bonds is 3. The minimum absolute atomic E-state index is 0. The van der Waals surface area contributed by atoms with Gasteiger partial charge in [-0.05, 0) is 41.5 Å². The second-order valence-electron chi connectivity index (χ2n) is 4.19. The molecule has 127 valence electrons. The van der Waals surface area contributed by atoms with Crippen molar-refractivity contribution >= 4 is 17.3 Å². The van der Waals surface area contributed by atoms with Crippen LogP contribution in [-0.4, -0.2) is 32.7 Å². The van der Waals surface area contributed by atoms with Gasteiger partial charge in [0.05, 0.1) is 17.3 Å². The van der Waals surface area contributed by atoms with Gasteiger partial charge in [-0.25, -0.2) is 0 Å². The van der Waals surface area contributed by atoms with Crippen LogP contribution in [0.2, 0.25) is 0 Å². The Kier molecular flexibility index (Phi) is 24.3. The van der Waals surface area contributed by atoms with Gasteiger partial charge >= 0.3 is 0 Å². The molecule has 1 radical (unpaired) electrons. The number of carbonyl (C=O) groups is 3. The number of ketones is 3.